The van der Waals surface area contributed by atoms with Gasteiger partial charge in [0, 0.05) is 6.54 Å². The topological polar surface area (TPSA) is 68.3 Å². The number of likely N-dealkylation sites (N-methyl/N-ethyl adjacent to an activating group) is 1. The van der Waals surface area contributed by atoms with Crippen LogP contribution >= 0.6 is 0 Å². The molecule has 1 aromatic carbocycles. The molecule has 3 N–H and O–H groups in total. The van der Waals surface area contributed by atoms with Crippen molar-refractivity contribution in [2.75, 3.05) is 27.7 Å². The molecule has 0 saturated carbocycles. The Morgan fingerprint density at radius 2 is 2.05 bits per heavy atom. The number of hydrogen-bond donors (Lipinski definition) is 2. The fraction of sp³-hybridized carbons (Fsp3) is 0.400. The third kappa shape index (κ3) is 3.60. The third-order valence-corrected chi connectivity index (χ3v) is 3.40. The SMILES string of the molecule is COc1cnn(CCN(C)C)c1C(NN)c1ccccc1. The lowest BCUT2D eigenvalue weighted by Gasteiger charge is -2.20. The highest BCUT2D eigenvalue weighted by Gasteiger charge is 2.22. The lowest BCUT2D eigenvalue weighted by atomic mass is 10.0. The van der Waals surface area contributed by atoms with Crippen LogP contribution in [0.3, 0.4) is 0 Å². The number of hydrazine groups is 1. The quantitative estimate of drug-likeness (QED) is 0.588. The Balaban J connectivity index is 2.37. The van der Waals surface area contributed by atoms with E-state index in [0.29, 0.717) is 0 Å². The highest BCUT2D eigenvalue weighted by atomic mass is 16.5. The average Bonchev–Trinajstić information content (AvgIpc) is 2.90. The van der Waals surface area contributed by atoms with Crippen LogP contribution in [0.5, 0.6) is 5.75 Å². The van der Waals surface area contributed by atoms with Gasteiger partial charge in [0.25, 0.3) is 0 Å². The van der Waals surface area contributed by atoms with Crippen LogP contribution in [0.2, 0.25) is 0 Å². The van der Waals surface area contributed by atoms with E-state index in [-0.39, 0.29) is 6.04 Å². The number of nitrogens with two attached hydrogens (primary N) is 1. The summed E-state index contributed by atoms with van der Waals surface area (Å²) in [6.07, 6.45) is 1.73. The third-order valence-electron chi connectivity index (χ3n) is 3.40. The van der Waals surface area contributed by atoms with Crippen molar-refractivity contribution in [1.82, 2.24) is 20.1 Å². The Hall–Kier alpha value is -1.89. The van der Waals surface area contributed by atoms with Crippen LogP contribution in [0.25, 0.3) is 0 Å². The number of ether oxygens (including phenoxy) is 1. The molecule has 1 heterocycles. The maximum absolute atomic E-state index is 5.79. The second-order valence-corrected chi connectivity index (χ2v) is 5.13. The average molecular weight is 289 g/mol. The van der Waals surface area contributed by atoms with Crippen molar-refractivity contribution < 1.29 is 4.74 Å². The number of rotatable bonds is 7. The summed E-state index contributed by atoms with van der Waals surface area (Å²) < 4.78 is 7.39. The predicted molar refractivity (Wildman–Crippen MR) is 82.9 cm³/mol. The highest BCUT2D eigenvalue weighted by molar-refractivity contribution is 5.36. The van der Waals surface area contributed by atoms with E-state index in [1.807, 2.05) is 49.1 Å². The van der Waals surface area contributed by atoms with Crippen LogP contribution in [0.1, 0.15) is 17.3 Å². The Kier molecular flexibility index (Phi) is 5.32. The Morgan fingerprint density at radius 3 is 2.62 bits per heavy atom. The largest absolute Gasteiger partial charge is 0.493 e. The van der Waals surface area contributed by atoms with Crippen LogP contribution < -0.4 is 16.0 Å². The van der Waals surface area contributed by atoms with Gasteiger partial charge in [-0.3, -0.25) is 10.5 Å². The Bertz CT molecular complexity index is 552. The first-order valence-corrected chi connectivity index (χ1v) is 6.93. The first kappa shape index (κ1) is 15.5. The van der Waals surface area contributed by atoms with Gasteiger partial charge in [0.1, 0.15) is 5.69 Å². The number of aromatic nitrogens is 2. The van der Waals surface area contributed by atoms with Crippen molar-refractivity contribution in [1.29, 1.82) is 0 Å². The lowest BCUT2D eigenvalue weighted by molar-refractivity contribution is 0.359. The fourth-order valence-electron chi connectivity index (χ4n) is 2.28. The van der Waals surface area contributed by atoms with Gasteiger partial charge in [0.2, 0.25) is 0 Å². The van der Waals surface area contributed by atoms with Crippen LogP contribution in [-0.4, -0.2) is 42.4 Å². The number of methoxy groups -OCH3 is 1. The van der Waals surface area contributed by atoms with Crippen molar-refractivity contribution in [2.24, 2.45) is 5.84 Å². The molecule has 0 radical (unpaired) electrons. The summed E-state index contributed by atoms with van der Waals surface area (Å²) in [4.78, 5) is 2.12. The molecule has 1 unspecified atom stereocenters. The van der Waals surface area contributed by atoms with Crippen molar-refractivity contribution in [3.63, 3.8) is 0 Å². The smallest absolute Gasteiger partial charge is 0.161 e. The second-order valence-electron chi connectivity index (χ2n) is 5.13. The minimum Gasteiger partial charge on any atom is -0.493 e. The van der Waals surface area contributed by atoms with E-state index in [1.165, 1.54) is 0 Å². The zero-order valence-electron chi connectivity index (χ0n) is 12.8. The highest BCUT2D eigenvalue weighted by Crippen LogP contribution is 2.29. The first-order valence-electron chi connectivity index (χ1n) is 6.93. The molecule has 1 atom stereocenters. The summed E-state index contributed by atoms with van der Waals surface area (Å²) in [5.74, 6) is 6.52. The molecule has 6 nitrogen and oxygen atoms in total. The molecule has 2 aromatic rings. The predicted octanol–water partition coefficient (Wildman–Crippen LogP) is 1.01. The molecule has 114 valence electrons. The first-order chi connectivity index (χ1) is 10.2. The minimum atomic E-state index is -0.161. The van der Waals surface area contributed by atoms with Gasteiger partial charge in [0.05, 0.1) is 25.9 Å². The zero-order chi connectivity index (χ0) is 15.2. The van der Waals surface area contributed by atoms with E-state index in [0.717, 1.165) is 30.1 Å². The number of benzene rings is 1. The van der Waals surface area contributed by atoms with Gasteiger partial charge in [-0.15, -0.1) is 0 Å². The van der Waals surface area contributed by atoms with Crippen molar-refractivity contribution in [3.05, 3.63) is 47.8 Å². The van der Waals surface area contributed by atoms with E-state index in [4.69, 9.17) is 10.6 Å². The van der Waals surface area contributed by atoms with Crippen molar-refractivity contribution >= 4 is 0 Å². The molecular weight excluding hydrogens is 266 g/mol. The van der Waals surface area contributed by atoms with E-state index in [9.17, 15) is 0 Å². The molecule has 21 heavy (non-hydrogen) atoms. The number of hydrogen-bond acceptors (Lipinski definition) is 5. The summed E-state index contributed by atoms with van der Waals surface area (Å²) in [5.41, 5.74) is 4.88. The minimum absolute atomic E-state index is 0.161. The lowest BCUT2D eigenvalue weighted by Crippen LogP contribution is -2.32. The van der Waals surface area contributed by atoms with Crippen molar-refractivity contribution in [3.8, 4) is 5.75 Å². The molecule has 0 aliphatic carbocycles. The van der Waals surface area contributed by atoms with E-state index < -0.39 is 0 Å². The summed E-state index contributed by atoms with van der Waals surface area (Å²) in [6.45, 7) is 1.67. The molecule has 0 spiro atoms. The number of nitrogens with zero attached hydrogens (tertiary/aromatic N) is 3. The summed E-state index contributed by atoms with van der Waals surface area (Å²) in [6, 6.07) is 9.88. The van der Waals surface area contributed by atoms with Crippen LogP contribution in [0.4, 0.5) is 0 Å². The van der Waals surface area contributed by atoms with Gasteiger partial charge in [-0.05, 0) is 19.7 Å². The van der Waals surface area contributed by atoms with Gasteiger partial charge >= 0.3 is 0 Å². The van der Waals surface area contributed by atoms with Gasteiger partial charge in [0.15, 0.2) is 5.75 Å². The molecule has 0 bridgehead atoms. The Labute approximate surface area is 125 Å². The van der Waals surface area contributed by atoms with Crippen LogP contribution in [0.15, 0.2) is 36.5 Å². The molecule has 0 fully saturated rings. The van der Waals surface area contributed by atoms with Crippen LogP contribution in [-0.2, 0) is 6.54 Å². The fourth-order valence-corrected chi connectivity index (χ4v) is 2.28. The normalized spacial score (nSPS) is 12.6. The number of nitrogens with one attached hydrogen (secondary N) is 1. The maximum Gasteiger partial charge on any atom is 0.161 e. The van der Waals surface area contributed by atoms with E-state index in [1.54, 1.807) is 13.3 Å². The molecule has 1 aromatic heterocycles. The molecule has 0 aliphatic rings. The molecule has 0 aliphatic heterocycles. The second kappa shape index (κ2) is 7.21. The van der Waals surface area contributed by atoms with Crippen molar-refractivity contribution in [2.45, 2.75) is 12.6 Å². The van der Waals surface area contributed by atoms with Gasteiger partial charge in [-0.1, -0.05) is 30.3 Å². The molecule has 0 saturated heterocycles. The molecule has 2 rings (SSSR count). The zero-order valence-corrected chi connectivity index (χ0v) is 12.8. The maximum atomic E-state index is 5.79. The Morgan fingerprint density at radius 1 is 1.33 bits per heavy atom. The molecular formula is C15H23N5O. The summed E-state index contributed by atoms with van der Waals surface area (Å²) in [7, 11) is 5.72. The molecule has 0 amide bonds. The van der Waals surface area contributed by atoms with Gasteiger partial charge in [-0.25, -0.2) is 5.43 Å². The van der Waals surface area contributed by atoms with E-state index in [2.05, 4.69) is 15.4 Å². The monoisotopic (exact) mass is 289 g/mol. The van der Waals surface area contributed by atoms with E-state index >= 15 is 0 Å². The summed E-state index contributed by atoms with van der Waals surface area (Å²) >= 11 is 0. The van der Waals surface area contributed by atoms with Gasteiger partial charge < -0.3 is 9.64 Å². The van der Waals surface area contributed by atoms with Crippen LogP contribution in [0, 0.1) is 0 Å². The van der Waals surface area contributed by atoms with Gasteiger partial charge in [-0.2, -0.15) is 5.10 Å². The standard InChI is InChI=1S/C15H23N5O/c1-19(2)9-10-20-15(13(21-3)11-17-20)14(18-16)12-7-5-4-6-8-12/h4-8,11,14,18H,9-10,16H2,1-3H3. The molecule has 6 heteroatoms. The summed E-state index contributed by atoms with van der Waals surface area (Å²) in [5, 5.41) is 4.42.